The summed E-state index contributed by atoms with van der Waals surface area (Å²) in [5, 5.41) is 14.4. The predicted molar refractivity (Wildman–Crippen MR) is 115 cm³/mol. The molecule has 0 fully saturated rings. The van der Waals surface area contributed by atoms with E-state index in [4.69, 9.17) is 23.2 Å². The van der Waals surface area contributed by atoms with Gasteiger partial charge < -0.3 is 5.32 Å². The molecule has 3 aromatic rings. The number of aryl methyl sites for hydroxylation is 1. The lowest BCUT2D eigenvalue weighted by Gasteiger charge is -2.04. The molecule has 2 amide bonds. The van der Waals surface area contributed by atoms with Crippen molar-refractivity contribution < 1.29 is 9.59 Å². The number of rotatable bonds is 6. The average Bonchev–Trinajstić information content (AvgIpc) is 3.08. The number of hydrogen-bond donors (Lipinski definition) is 2. The Morgan fingerprint density at radius 3 is 2.39 bits per heavy atom. The zero-order valence-electron chi connectivity index (χ0n) is 14.5. The average molecular weight is 453 g/mol. The number of hydrogen-bond acceptors (Lipinski definition) is 6. The number of halogens is 2. The van der Waals surface area contributed by atoms with Crippen LogP contribution in [0.2, 0.25) is 10.0 Å². The van der Waals surface area contributed by atoms with Crippen molar-refractivity contribution in [3.8, 4) is 0 Å². The number of nitrogens with one attached hydrogen (secondary N) is 2. The molecular formula is C18H14Cl2N4O2S2. The molecular weight excluding hydrogens is 439 g/mol. The number of amides is 2. The highest BCUT2D eigenvalue weighted by molar-refractivity contribution is 8.01. The van der Waals surface area contributed by atoms with E-state index in [2.05, 4.69) is 20.8 Å². The maximum atomic E-state index is 12.3. The quantitative estimate of drug-likeness (QED) is 0.399. The maximum Gasteiger partial charge on any atom is 0.257 e. The first kappa shape index (κ1) is 20.6. The Labute approximate surface area is 179 Å². The Hall–Kier alpha value is -2.13. The van der Waals surface area contributed by atoms with E-state index in [1.807, 2.05) is 31.2 Å². The highest BCUT2D eigenvalue weighted by Gasteiger charge is 2.13. The molecule has 0 aliphatic heterocycles. The molecule has 0 bridgehead atoms. The molecule has 0 atom stereocenters. The van der Waals surface area contributed by atoms with Crippen LogP contribution in [0, 0.1) is 6.92 Å². The van der Waals surface area contributed by atoms with Gasteiger partial charge in [-0.2, -0.15) is 0 Å². The molecule has 1 heterocycles. The van der Waals surface area contributed by atoms with Gasteiger partial charge in [-0.1, -0.05) is 64.0 Å². The third-order valence-electron chi connectivity index (χ3n) is 3.41. The van der Waals surface area contributed by atoms with Crippen molar-refractivity contribution in [2.75, 3.05) is 16.4 Å². The molecule has 0 radical (unpaired) electrons. The third kappa shape index (κ3) is 5.93. The topological polar surface area (TPSA) is 84.0 Å². The summed E-state index contributed by atoms with van der Waals surface area (Å²) >= 11 is 14.2. The van der Waals surface area contributed by atoms with E-state index in [1.165, 1.54) is 35.2 Å². The lowest BCUT2D eigenvalue weighted by atomic mass is 10.2. The Morgan fingerprint density at radius 2 is 1.71 bits per heavy atom. The van der Waals surface area contributed by atoms with Gasteiger partial charge in [0, 0.05) is 21.3 Å². The second-order valence-electron chi connectivity index (χ2n) is 5.69. The third-order valence-corrected chi connectivity index (χ3v) is 5.82. The molecule has 6 nitrogen and oxygen atoms in total. The number of aromatic nitrogens is 2. The predicted octanol–water partition coefficient (Wildman–Crippen LogP) is 5.14. The summed E-state index contributed by atoms with van der Waals surface area (Å²) in [6.45, 7) is 1.98. The summed E-state index contributed by atoms with van der Waals surface area (Å²) in [6.07, 6.45) is 0. The van der Waals surface area contributed by atoms with Crippen LogP contribution in [-0.4, -0.2) is 27.8 Å². The van der Waals surface area contributed by atoms with Gasteiger partial charge in [0.05, 0.1) is 5.75 Å². The lowest BCUT2D eigenvalue weighted by molar-refractivity contribution is -0.113. The number of anilines is 2. The summed E-state index contributed by atoms with van der Waals surface area (Å²) in [6, 6.07) is 12.1. The Bertz CT molecular complexity index is 989. The Balaban J connectivity index is 1.53. The van der Waals surface area contributed by atoms with Crippen LogP contribution >= 0.6 is 46.3 Å². The highest BCUT2D eigenvalue weighted by Crippen LogP contribution is 2.26. The maximum absolute atomic E-state index is 12.3. The number of benzene rings is 2. The van der Waals surface area contributed by atoms with Crippen molar-refractivity contribution >= 4 is 68.9 Å². The zero-order valence-corrected chi connectivity index (χ0v) is 17.7. The molecule has 2 N–H and O–H groups in total. The standard InChI is InChI=1S/C18H14Cl2N4O2S2/c1-10-2-4-14(5-3-10)21-15(25)9-27-18-24-23-17(28-18)22-16(26)11-6-12(19)8-13(20)7-11/h2-8H,9H2,1H3,(H,21,25)(H,22,23,26). The van der Waals surface area contributed by atoms with Crippen LogP contribution in [0.3, 0.4) is 0 Å². The monoisotopic (exact) mass is 452 g/mol. The summed E-state index contributed by atoms with van der Waals surface area (Å²) < 4.78 is 0.568. The molecule has 0 saturated heterocycles. The minimum atomic E-state index is -0.394. The van der Waals surface area contributed by atoms with Crippen molar-refractivity contribution in [2.24, 2.45) is 0 Å². The van der Waals surface area contributed by atoms with Crippen molar-refractivity contribution in [3.05, 3.63) is 63.6 Å². The van der Waals surface area contributed by atoms with Gasteiger partial charge in [0.25, 0.3) is 5.91 Å². The summed E-state index contributed by atoms with van der Waals surface area (Å²) in [5.74, 6) is -0.363. The minimum Gasteiger partial charge on any atom is -0.325 e. The Kier molecular flexibility index (Phi) is 6.90. The first-order valence-corrected chi connectivity index (χ1v) is 10.5. The smallest absolute Gasteiger partial charge is 0.257 e. The van der Waals surface area contributed by atoms with Crippen molar-refractivity contribution in [1.29, 1.82) is 0 Å². The molecule has 0 aliphatic rings. The lowest BCUT2D eigenvalue weighted by Crippen LogP contribution is -2.13. The molecule has 0 unspecified atom stereocenters. The number of thioether (sulfide) groups is 1. The van der Waals surface area contributed by atoms with Gasteiger partial charge in [-0.25, -0.2) is 0 Å². The number of nitrogens with zero attached hydrogens (tertiary/aromatic N) is 2. The molecule has 0 spiro atoms. The molecule has 0 aliphatic carbocycles. The van der Waals surface area contributed by atoms with Crippen molar-refractivity contribution in [3.63, 3.8) is 0 Å². The van der Waals surface area contributed by atoms with Crippen LogP contribution in [0.25, 0.3) is 0 Å². The van der Waals surface area contributed by atoms with Gasteiger partial charge >= 0.3 is 0 Å². The molecule has 1 aromatic heterocycles. The molecule has 10 heteroatoms. The molecule has 3 rings (SSSR count). The van der Waals surface area contributed by atoms with Crippen molar-refractivity contribution in [1.82, 2.24) is 10.2 Å². The van der Waals surface area contributed by atoms with Gasteiger partial charge in [-0.05, 0) is 37.3 Å². The summed E-state index contributed by atoms with van der Waals surface area (Å²) in [5.41, 5.74) is 2.18. The Morgan fingerprint density at radius 1 is 1.04 bits per heavy atom. The van der Waals surface area contributed by atoms with E-state index in [1.54, 1.807) is 6.07 Å². The molecule has 28 heavy (non-hydrogen) atoms. The van der Waals surface area contributed by atoms with Crippen LogP contribution < -0.4 is 10.6 Å². The SMILES string of the molecule is Cc1ccc(NC(=O)CSc2nnc(NC(=O)c3cc(Cl)cc(Cl)c3)s2)cc1. The van der Waals surface area contributed by atoms with Gasteiger partial charge in [0.15, 0.2) is 4.34 Å². The number of carbonyl (C=O) groups is 2. The van der Waals surface area contributed by atoms with E-state index in [0.29, 0.717) is 25.1 Å². The number of carbonyl (C=O) groups excluding carboxylic acids is 2. The van der Waals surface area contributed by atoms with Crippen LogP contribution in [0.5, 0.6) is 0 Å². The van der Waals surface area contributed by atoms with Crippen LogP contribution in [-0.2, 0) is 4.79 Å². The van der Waals surface area contributed by atoms with E-state index in [0.717, 1.165) is 11.3 Å². The second-order valence-corrected chi connectivity index (χ2v) is 8.76. The zero-order chi connectivity index (χ0) is 20.1. The fourth-order valence-corrected chi connectivity index (χ4v) is 4.21. The van der Waals surface area contributed by atoms with Gasteiger partial charge in [-0.15, -0.1) is 10.2 Å². The van der Waals surface area contributed by atoms with E-state index < -0.39 is 5.91 Å². The minimum absolute atomic E-state index is 0.150. The van der Waals surface area contributed by atoms with Crippen LogP contribution in [0.4, 0.5) is 10.8 Å². The van der Waals surface area contributed by atoms with Gasteiger partial charge in [0.2, 0.25) is 11.0 Å². The van der Waals surface area contributed by atoms with E-state index >= 15 is 0 Å². The first-order chi connectivity index (χ1) is 13.4. The molecule has 0 saturated carbocycles. The summed E-state index contributed by atoms with van der Waals surface area (Å²) in [4.78, 5) is 24.3. The fraction of sp³-hybridized carbons (Fsp3) is 0.111. The molecule has 144 valence electrons. The van der Waals surface area contributed by atoms with E-state index in [-0.39, 0.29) is 11.7 Å². The normalized spacial score (nSPS) is 10.5. The highest BCUT2D eigenvalue weighted by atomic mass is 35.5. The fourth-order valence-electron chi connectivity index (χ4n) is 2.13. The summed E-state index contributed by atoms with van der Waals surface area (Å²) in [7, 11) is 0. The molecule has 2 aromatic carbocycles. The van der Waals surface area contributed by atoms with Gasteiger partial charge in [-0.3, -0.25) is 14.9 Å². The van der Waals surface area contributed by atoms with Crippen molar-refractivity contribution in [2.45, 2.75) is 11.3 Å². The van der Waals surface area contributed by atoms with Crippen LogP contribution in [0.1, 0.15) is 15.9 Å². The van der Waals surface area contributed by atoms with E-state index in [9.17, 15) is 9.59 Å². The first-order valence-electron chi connectivity index (χ1n) is 7.99. The van der Waals surface area contributed by atoms with Gasteiger partial charge in [0.1, 0.15) is 0 Å². The van der Waals surface area contributed by atoms with Crippen LogP contribution in [0.15, 0.2) is 46.8 Å². The largest absolute Gasteiger partial charge is 0.325 e. The second kappa shape index (κ2) is 9.38.